The third-order valence-electron chi connectivity index (χ3n) is 10.3. The van der Waals surface area contributed by atoms with Crippen LogP contribution in [0.3, 0.4) is 0 Å². The summed E-state index contributed by atoms with van der Waals surface area (Å²) in [6.07, 6.45) is 13.4. The molecule has 2 nitrogen and oxygen atoms in total. The lowest BCUT2D eigenvalue weighted by Gasteiger charge is -2.10. The van der Waals surface area contributed by atoms with Gasteiger partial charge in [0.25, 0.3) is 0 Å². The number of rotatable bonds is 12. The highest BCUT2D eigenvalue weighted by molar-refractivity contribution is 6.00. The second kappa shape index (κ2) is 18.0. The van der Waals surface area contributed by atoms with Gasteiger partial charge in [-0.05, 0) is 114 Å². The molecule has 8 aromatic carbocycles. The molecule has 0 unspecified atom stereocenters. The minimum atomic E-state index is 0.847. The molecule has 8 rings (SSSR count). The van der Waals surface area contributed by atoms with Crippen molar-refractivity contribution in [1.29, 1.82) is 0 Å². The molecule has 0 spiro atoms. The number of hydrogen-bond donors (Lipinski definition) is 0. The second-order valence-electron chi connectivity index (χ2n) is 14.1. The summed E-state index contributed by atoms with van der Waals surface area (Å²) in [5, 5.41) is 2.44. The third-order valence-corrected chi connectivity index (χ3v) is 10.3. The number of fused-ring (bicyclic) bond motifs is 1. The van der Waals surface area contributed by atoms with Crippen molar-refractivity contribution in [2.24, 2.45) is 0 Å². The van der Waals surface area contributed by atoms with Crippen LogP contribution in [0.1, 0.15) is 55.6 Å². The molecule has 0 fully saturated rings. The second-order valence-corrected chi connectivity index (χ2v) is 14.1. The molecule has 0 saturated carbocycles. The fourth-order valence-corrected chi connectivity index (χ4v) is 7.23. The van der Waals surface area contributed by atoms with Gasteiger partial charge in [-0.3, -0.25) is 0 Å². The summed E-state index contributed by atoms with van der Waals surface area (Å²) in [6, 6.07) is 68.1. The summed E-state index contributed by atoms with van der Waals surface area (Å²) in [5.74, 6) is 1.69. The van der Waals surface area contributed by atoms with E-state index in [4.69, 9.17) is 9.47 Å². The van der Waals surface area contributed by atoms with Gasteiger partial charge in [-0.1, -0.05) is 194 Å². The maximum absolute atomic E-state index is 5.41. The maximum atomic E-state index is 5.41. The Kier molecular flexibility index (Phi) is 11.7. The molecular weight excluding hydrogens is 705 g/mol. The van der Waals surface area contributed by atoms with Crippen LogP contribution in [-0.4, -0.2) is 14.2 Å². The lowest BCUT2D eigenvalue weighted by atomic mass is 9.95. The normalized spacial score (nSPS) is 12.0. The molecule has 0 amide bonds. The molecule has 2 heteroatoms. The summed E-state index contributed by atoms with van der Waals surface area (Å²) < 4.78 is 10.8. The minimum Gasteiger partial charge on any atom is -0.497 e. The van der Waals surface area contributed by atoms with Gasteiger partial charge in [-0.15, -0.1) is 0 Å². The van der Waals surface area contributed by atoms with Gasteiger partial charge < -0.3 is 9.47 Å². The smallest absolute Gasteiger partial charge is 0.118 e. The standard InChI is InChI=1S/C56H44O2/c1-57-52-35-31-47(32-36-52)54(45-11-5-3-6-12-45)39-43-23-19-41(20-24-43)27-29-50-17-9-15-49-16-10-18-51(56(49)50)30-28-42-21-25-44(26-22-42)40-55(46-13-7-4-8-14-46)48-33-37-53(58-2)38-34-48/h3-40H,1-2H3/b29-27-,30-28-,54-39-,55-40-. The molecule has 0 aromatic heterocycles. The van der Waals surface area contributed by atoms with E-state index in [-0.39, 0.29) is 0 Å². The molecule has 0 heterocycles. The fourth-order valence-electron chi connectivity index (χ4n) is 7.23. The molecule has 0 atom stereocenters. The molecule has 8 aromatic rings. The Hall–Kier alpha value is -7.42. The van der Waals surface area contributed by atoms with Crippen LogP contribution in [0.2, 0.25) is 0 Å². The van der Waals surface area contributed by atoms with Crippen LogP contribution in [0, 0.1) is 0 Å². The zero-order valence-electron chi connectivity index (χ0n) is 32.8. The molecule has 0 aliphatic carbocycles. The largest absolute Gasteiger partial charge is 0.497 e. The van der Waals surface area contributed by atoms with E-state index in [1.165, 1.54) is 33.0 Å². The molecular formula is C56H44O2. The van der Waals surface area contributed by atoms with E-state index in [9.17, 15) is 0 Å². The SMILES string of the molecule is COc1ccc(/C(=C\c2ccc(/C=C\c3cccc4cccc(/C=C\c5ccc(/C=C(/c6ccccc6)c6ccc(OC)cc6)cc5)c34)cc2)c2ccccc2)cc1. The predicted molar refractivity (Wildman–Crippen MR) is 248 cm³/mol. The van der Waals surface area contributed by atoms with Gasteiger partial charge >= 0.3 is 0 Å². The van der Waals surface area contributed by atoms with Gasteiger partial charge in [0, 0.05) is 0 Å². The number of ether oxygens (including phenoxy) is 2. The van der Waals surface area contributed by atoms with Crippen LogP contribution < -0.4 is 9.47 Å². The first-order chi connectivity index (χ1) is 28.6. The Balaban J connectivity index is 1.03. The fraction of sp³-hybridized carbons (Fsp3) is 0.0357. The Morgan fingerprint density at radius 1 is 0.328 bits per heavy atom. The highest BCUT2D eigenvalue weighted by Gasteiger charge is 2.08. The van der Waals surface area contributed by atoms with E-state index < -0.39 is 0 Å². The van der Waals surface area contributed by atoms with Gasteiger partial charge in [0.2, 0.25) is 0 Å². The monoisotopic (exact) mass is 748 g/mol. The molecule has 0 aliphatic heterocycles. The Morgan fingerprint density at radius 3 is 1.07 bits per heavy atom. The number of methoxy groups -OCH3 is 2. The van der Waals surface area contributed by atoms with E-state index in [1.807, 2.05) is 24.3 Å². The van der Waals surface area contributed by atoms with Gasteiger partial charge in [0.1, 0.15) is 11.5 Å². The average Bonchev–Trinajstić information content (AvgIpc) is 3.30. The molecule has 0 saturated heterocycles. The van der Waals surface area contributed by atoms with Gasteiger partial charge in [-0.25, -0.2) is 0 Å². The third kappa shape index (κ3) is 8.99. The molecule has 280 valence electrons. The molecule has 0 aliphatic rings. The van der Waals surface area contributed by atoms with Crippen molar-refractivity contribution < 1.29 is 9.47 Å². The van der Waals surface area contributed by atoms with Crippen LogP contribution in [0.25, 0.3) is 58.4 Å². The zero-order chi connectivity index (χ0) is 39.5. The Labute approximate surface area is 342 Å². The van der Waals surface area contributed by atoms with Crippen LogP contribution in [0.15, 0.2) is 194 Å². The van der Waals surface area contributed by atoms with E-state index in [0.717, 1.165) is 56.0 Å². The van der Waals surface area contributed by atoms with E-state index in [2.05, 4.69) is 206 Å². The number of hydrogen-bond acceptors (Lipinski definition) is 2. The summed E-state index contributed by atoms with van der Waals surface area (Å²) in [7, 11) is 3.39. The number of benzene rings is 8. The lowest BCUT2D eigenvalue weighted by Crippen LogP contribution is -1.89. The topological polar surface area (TPSA) is 18.5 Å². The first-order valence-corrected chi connectivity index (χ1v) is 19.5. The average molecular weight is 749 g/mol. The van der Waals surface area contributed by atoms with Crippen LogP contribution in [0.5, 0.6) is 11.5 Å². The van der Waals surface area contributed by atoms with Crippen molar-refractivity contribution in [1.82, 2.24) is 0 Å². The summed E-state index contributed by atoms with van der Waals surface area (Å²) in [6.45, 7) is 0. The highest BCUT2D eigenvalue weighted by Crippen LogP contribution is 2.31. The first-order valence-electron chi connectivity index (χ1n) is 19.5. The maximum Gasteiger partial charge on any atom is 0.118 e. The van der Waals surface area contributed by atoms with Crippen molar-refractivity contribution in [3.63, 3.8) is 0 Å². The van der Waals surface area contributed by atoms with Crippen LogP contribution >= 0.6 is 0 Å². The van der Waals surface area contributed by atoms with Crippen molar-refractivity contribution >= 4 is 58.4 Å². The summed E-state index contributed by atoms with van der Waals surface area (Å²) in [5.41, 5.74) is 13.9. The van der Waals surface area contributed by atoms with Crippen LogP contribution in [0.4, 0.5) is 0 Å². The van der Waals surface area contributed by atoms with E-state index >= 15 is 0 Å². The first kappa shape index (κ1) is 37.5. The van der Waals surface area contributed by atoms with Crippen molar-refractivity contribution in [3.8, 4) is 11.5 Å². The highest BCUT2D eigenvalue weighted by atomic mass is 16.5. The Bertz CT molecular complexity index is 2530. The molecule has 0 bridgehead atoms. The molecule has 0 radical (unpaired) electrons. The predicted octanol–water partition coefficient (Wildman–Crippen LogP) is 14.4. The lowest BCUT2D eigenvalue weighted by molar-refractivity contribution is 0.414. The van der Waals surface area contributed by atoms with Crippen molar-refractivity contribution in [3.05, 3.63) is 250 Å². The van der Waals surface area contributed by atoms with Gasteiger partial charge in [-0.2, -0.15) is 0 Å². The molecule has 58 heavy (non-hydrogen) atoms. The van der Waals surface area contributed by atoms with Crippen LogP contribution in [-0.2, 0) is 0 Å². The van der Waals surface area contributed by atoms with E-state index in [0.29, 0.717) is 0 Å². The van der Waals surface area contributed by atoms with Gasteiger partial charge in [0.15, 0.2) is 0 Å². The summed E-state index contributed by atoms with van der Waals surface area (Å²) >= 11 is 0. The zero-order valence-corrected chi connectivity index (χ0v) is 32.8. The van der Waals surface area contributed by atoms with Crippen molar-refractivity contribution in [2.45, 2.75) is 0 Å². The quantitative estimate of drug-likeness (QED) is 0.116. The van der Waals surface area contributed by atoms with Gasteiger partial charge in [0.05, 0.1) is 14.2 Å². The van der Waals surface area contributed by atoms with Crippen molar-refractivity contribution in [2.75, 3.05) is 14.2 Å². The summed E-state index contributed by atoms with van der Waals surface area (Å²) in [4.78, 5) is 0. The minimum absolute atomic E-state index is 0.847. The molecule has 0 N–H and O–H groups in total. The Morgan fingerprint density at radius 2 is 0.690 bits per heavy atom. The van der Waals surface area contributed by atoms with E-state index in [1.54, 1.807) is 14.2 Å².